The van der Waals surface area contributed by atoms with Gasteiger partial charge in [-0.15, -0.1) is 0 Å². The molecule has 0 spiro atoms. The fourth-order valence-corrected chi connectivity index (χ4v) is 2.64. The molecule has 3 nitrogen and oxygen atoms in total. The average molecular weight is 254 g/mol. The van der Waals surface area contributed by atoms with Crippen LogP contribution in [0, 0.1) is 0 Å². The fraction of sp³-hybridized carbons (Fsp3) is 1.00. The van der Waals surface area contributed by atoms with E-state index in [0.717, 1.165) is 12.8 Å². The van der Waals surface area contributed by atoms with E-state index in [0.29, 0.717) is 19.4 Å². The average Bonchev–Trinajstić information content (AvgIpc) is 2.18. The van der Waals surface area contributed by atoms with E-state index in [2.05, 4.69) is 0 Å². The van der Waals surface area contributed by atoms with E-state index in [1.54, 1.807) is 0 Å². The quantitative estimate of drug-likeness (QED) is 0.799. The number of aliphatic hydroxyl groups excluding tert-OH is 1. The number of nitrogens with two attached hydrogens (primary N) is 1. The Morgan fingerprint density at radius 3 is 2.53 bits per heavy atom. The van der Waals surface area contributed by atoms with Gasteiger partial charge in [-0.3, -0.25) is 4.90 Å². The molecule has 1 rings (SSSR count). The van der Waals surface area contributed by atoms with Crippen molar-refractivity contribution < 1.29 is 18.3 Å². The molecule has 1 aliphatic rings. The summed E-state index contributed by atoms with van der Waals surface area (Å²) in [6, 6.07) is -2.75. The monoisotopic (exact) mass is 254 g/mol. The highest BCUT2D eigenvalue weighted by Crippen LogP contribution is 2.32. The largest absolute Gasteiger partial charge is 0.405 e. The number of rotatable bonds is 4. The summed E-state index contributed by atoms with van der Waals surface area (Å²) in [5, 5.41) is 8.92. The van der Waals surface area contributed by atoms with E-state index in [4.69, 9.17) is 10.8 Å². The number of likely N-dealkylation sites (tertiary alicyclic amines) is 1. The second-order valence-electron chi connectivity index (χ2n) is 4.75. The molecular formula is C11H21F3N2O. The molecule has 0 saturated carbocycles. The zero-order valence-electron chi connectivity index (χ0n) is 10.1. The number of nitrogens with zero attached hydrogens (tertiary/aromatic N) is 1. The van der Waals surface area contributed by atoms with Crippen LogP contribution in [-0.2, 0) is 0 Å². The van der Waals surface area contributed by atoms with Crippen LogP contribution in [0.5, 0.6) is 0 Å². The fourth-order valence-electron chi connectivity index (χ4n) is 2.64. The van der Waals surface area contributed by atoms with Crippen LogP contribution in [0.1, 0.15) is 32.6 Å². The number of piperidine rings is 1. The van der Waals surface area contributed by atoms with E-state index < -0.39 is 18.3 Å². The van der Waals surface area contributed by atoms with Crippen molar-refractivity contribution in [2.24, 2.45) is 5.73 Å². The Morgan fingerprint density at radius 1 is 1.41 bits per heavy atom. The molecule has 1 heterocycles. The summed E-state index contributed by atoms with van der Waals surface area (Å²) in [6.07, 6.45) is -1.52. The maximum atomic E-state index is 13.0. The van der Waals surface area contributed by atoms with Crippen LogP contribution in [0.25, 0.3) is 0 Å². The molecule has 0 aliphatic carbocycles. The van der Waals surface area contributed by atoms with Crippen molar-refractivity contribution in [3.63, 3.8) is 0 Å². The molecule has 0 aromatic carbocycles. The third kappa shape index (κ3) is 3.82. The first-order valence-corrected chi connectivity index (χ1v) is 6.06. The van der Waals surface area contributed by atoms with Crippen LogP contribution in [0.4, 0.5) is 13.2 Å². The van der Waals surface area contributed by atoms with Crippen LogP contribution < -0.4 is 5.73 Å². The molecule has 3 unspecified atom stereocenters. The Kier molecular flexibility index (Phi) is 5.22. The number of alkyl halides is 3. The number of aliphatic hydroxyl groups is 1. The van der Waals surface area contributed by atoms with Crippen molar-refractivity contribution >= 4 is 0 Å². The normalized spacial score (nSPS) is 26.8. The highest BCUT2D eigenvalue weighted by atomic mass is 19.4. The molecule has 0 aromatic heterocycles. The minimum Gasteiger partial charge on any atom is -0.396 e. The number of halogens is 3. The molecule has 102 valence electrons. The first-order chi connectivity index (χ1) is 7.88. The van der Waals surface area contributed by atoms with Gasteiger partial charge in [-0.1, -0.05) is 6.42 Å². The lowest BCUT2D eigenvalue weighted by atomic mass is 9.95. The highest BCUT2D eigenvalue weighted by Gasteiger charge is 2.47. The molecule has 0 bridgehead atoms. The van der Waals surface area contributed by atoms with Gasteiger partial charge in [0.2, 0.25) is 0 Å². The summed E-state index contributed by atoms with van der Waals surface area (Å²) >= 11 is 0. The van der Waals surface area contributed by atoms with E-state index in [9.17, 15) is 13.2 Å². The van der Waals surface area contributed by atoms with Gasteiger partial charge in [0, 0.05) is 18.7 Å². The summed E-state index contributed by atoms with van der Waals surface area (Å²) in [6.45, 7) is 1.73. The third-order valence-electron chi connectivity index (χ3n) is 3.33. The summed E-state index contributed by atoms with van der Waals surface area (Å²) < 4.78 is 39.0. The van der Waals surface area contributed by atoms with Crippen LogP contribution in [0.2, 0.25) is 0 Å². The van der Waals surface area contributed by atoms with Crippen molar-refractivity contribution in [1.29, 1.82) is 0 Å². The van der Waals surface area contributed by atoms with E-state index >= 15 is 0 Å². The van der Waals surface area contributed by atoms with Gasteiger partial charge in [0.15, 0.2) is 0 Å². The predicted molar refractivity (Wildman–Crippen MR) is 59.5 cm³/mol. The maximum Gasteiger partial charge on any atom is 0.405 e. The molecule has 3 atom stereocenters. The van der Waals surface area contributed by atoms with Crippen molar-refractivity contribution in [3.8, 4) is 0 Å². The summed E-state index contributed by atoms with van der Waals surface area (Å²) in [7, 11) is 0. The van der Waals surface area contributed by atoms with Crippen molar-refractivity contribution in [2.45, 2.75) is 56.9 Å². The van der Waals surface area contributed by atoms with Gasteiger partial charge in [-0.05, 0) is 32.7 Å². The Hall–Kier alpha value is -0.330. The van der Waals surface area contributed by atoms with Gasteiger partial charge >= 0.3 is 6.18 Å². The molecule has 0 radical (unpaired) electrons. The molecule has 1 aliphatic heterocycles. The third-order valence-corrected chi connectivity index (χ3v) is 3.33. The Labute approximate surface area is 99.8 Å². The van der Waals surface area contributed by atoms with Crippen LogP contribution in [-0.4, -0.2) is 47.5 Å². The van der Waals surface area contributed by atoms with Gasteiger partial charge in [-0.2, -0.15) is 13.2 Å². The molecule has 6 heteroatoms. The molecular weight excluding hydrogens is 233 g/mol. The zero-order valence-corrected chi connectivity index (χ0v) is 10.1. The van der Waals surface area contributed by atoms with Crippen LogP contribution in [0.15, 0.2) is 0 Å². The molecule has 1 fully saturated rings. The predicted octanol–water partition coefficient (Wildman–Crippen LogP) is 1.50. The zero-order chi connectivity index (χ0) is 13.1. The standard InChI is InChI=1S/C11H21F3N2O/c1-8(15)10(11(12,13)14)16-6-3-2-4-9(16)5-7-17/h8-10,17H,2-7,15H2,1H3. The van der Waals surface area contributed by atoms with Gasteiger partial charge < -0.3 is 10.8 Å². The van der Waals surface area contributed by atoms with E-state index in [-0.39, 0.29) is 12.6 Å². The minimum atomic E-state index is -4.31. The summed E-state index contributed by atoms with van der Waals surface area (Å²) in [5.74, 6) is 0. The lowest BCUT2D eigenvalue weighted by Gasteiger charge is -2.43. The molecule has 0 aromatic rings. The lowest BCUT2D eigenvalue weighted by Crippen LogP contribution is -2.59. The van der Waals surface area contributed by atoms with Crippen LogP contribution in [0.3, 0.4) is 0 Å². The number of hydrogen-bond acceptors (Lipinski definition) is 3. The second-order valence-corrected chi connectivity index (χ2v) is 4.75. The Morgan fingerprint density at radius 2 is 2.06 bits per heavy atom. The van der Waals surface area contributed by atoms with Gasteiger partial charge in [0.25, 0.3) is 0 Å². The van der Waals surface area contributed by atoms with Gasteiger partial charge in [0.05, 0.1) is 0 Å². The molecule has 1 saturated heterocycles. The van der Waals surface area contributed by atoms with Crippen molar-refractivity contribution in [1.82, 2.24) is 4.90 Å². The second kappa shape index (κ2) is 6.02. The Bertz CT molecular complexity index is 231. The molecule has 17 heavy (non-hydrogen) atoms. The lowest BCUT2D eigenvalue weighted by molar-refractivity contribution is -0.198. The SMILES string of the molecule is CC(N)C(N1CCCCC1CCO)C(F)(F)F. The highest BCUT2D eigenvalue weighted by molar-refractivity contribution is 4.91. The van der Waals surface area contributed by atoms with Gasteiger partial charge in [-0.25, -0.2) is 0 Å². The molecule has 0 amide bonds. The van der Waals surface area contributed by atoms with E-state index in [1.807, 2.05) is 0 Å². The first kappa shape index (κ1) is 14.7. The van der Waals surface area contributed by atoms with Gasteiger partial charge in [0.1, 0.15) is 6.04 Å². The van der Waals surface area contributed by atoms with E-state index in [1.165, 1.54) is 11.8 Å². The van der Waals surface area contributed by atoms with Crippen LogP contribution >= 0.6 is 0 Å². The minimum absolute atomic E-state index is 0.0787. The smallest absolute Gasteiger partial charge is 0.396 e. The summed E-state index contributed by atoms with van der Waals surface area (Å²) in [5.41, 5.74) is 5.49. The molecule has 3 N–H and O–H groups in total. The summed E-state index contributed by atoms with van der Waals surface area (Å²) in [4.78, 5) is 1.43. The topological polar surface area (TPSA) is 49.5 Å². The maximum absolute atomic E-state index is 13.0. The Balaban J connectivity index is 2.82. The number of hydrogen-bond donors (Lipinski definition) is 2. The first-order valence-electron chi connectivity index (χ1n) is 6.06. The van der Waals surface area contributed by atoms with Crippen molar-refractivity contribution in [3.05, 3.63) is 0 Å². The van der Waals surface area contributed by atoms with Crippen molar-refractivity contribution in [2.75, 3.05) is 13.2 Å².